The molecule has 1 aliphatic rings. The van der Waals surface area contributed by atoms with Gasteiger partial charge in [-0.25, -0.2) is 9.97 Å². The van der Waals surface area contributed by atoms with E-state index in [0.717, 1.165) is 27.6 Å². The molecule has 0 bridgehead atoms. The molecule has 0 radical (unpaired) electrons. The van der Waals surface area contributed by atoms with Crippen LogP contribution in [0.15, 0.2) is 61.1 Å². The molecule has 3 heterocycles. The molecule has 9 nitrogen and oxygen atoms in total. The van der Waals surface area contributed by atoms with Gasteiger partial charge in [-0.1, -0.05) is 24.3 Å². The molecule has 3 aromatic heterocycles. The number of rotatable bonds is 9. The average Bonchev–Trinajstić information content (AvgIpc) is 3.37. The van der Waals surface area contributed by atoms with Crippen molar-refractivity contribution in [1.82, 2.24) is 19.9 Å². The van der Waals surface area contributed by atoms with Gasteiger partial charge >= 0.3 is 5.97 Å². The van der Waals surface area contributed by atoms with E-state index >= 15 is 0 Å². The van der Waals surface area contributed by atoms with Crippen molar-refractivity contribution < 1.29 is 24.2 Å². The minimum absolute atomic E-state index is 0.0571. The van der Waals surface area contributed by atoms with Crippen LogP contribution in [0.4, 0.5) is 0 Å². The number of carboxylic acids is 1. The zero-order chi connectivity index (χ0) is 27.4. The number of ether oxygens (including phenoxy) is 2. The lowest BCUT2D eigenvalue weighted by Crippen LogP contribution is -2.39. The fourth-order valence-corrected chi connectivity index (χ4v) is 5.19. The molecule has 0 saturated heterocycles. The van der Waals surface area contributed by atoms with Gasteiger partial charge in [0, 0.05) is 42.8 Å². The lowest BCUT2D eigenvalue weighted by Gasteiger charge is -2.27. The molecule has 0 atom stereocenters. The fraction of sp³-hybridized carbons (Fsp3) is 0.333. The van der Waals surface area contributed by atoms with Gasteiger partial charge in [0.1, 0.15) is 0 Å². The molecule has 0 spiro atoms. The second-order valence-electron chi connectivity index (χ2n) is 9.76. The number of methoxy groups -OCH3 is 1. The Labute approximate surface area is 226 Å². The Morgan fingerprint density at radius 1 is 1.00 bits per heavy atom. The molecular weight excluding hydrogens is 496 g/mol. The standard InChI is InChI=1S/C30H32N4O5/c1-3-39-26-13-10-22(16-31-26)20-6-4-19(5-7-20)18-34-15-14-24-27(34)25(17-32-29(24)38-2)28(35)33-23-11-8-21(9-12-23)30(36)37/h4-7,10,13-17,21,23H,3,8-9,11-12,18H2,1-2H3,(H,33,35)(H,36,37). The Balaban J connectivity index is 1.36. The minimum Gasteiger partial charge on any atom is -0.481 e. The number of hydrogen-bond acceptors (Lipinski definition) is 6. The van der Waals surface area contributed by atoms with Crippen molar-refractivity contribution in [3.8, 4) is 22.9 Å². The van der Waals surface area contributed by atoms with Crippen LogP contribution in [0.25, 0.3) is 22.0 Å². The predicted octanol–water partition coefficient (Wildman–Crippen LogP) is 4.93. The Kier molecular flexibility index (Phi) is 7.76. The van der Waals surface area contributed by atoms with Crippen LogP contribution in [0, 0.1) is 5.92 Å². The zero-order valence-electron chi connectivity index (χ0n) is 22.1. The van der Waals surface area contributed by atoms with Crippen LogP contribution in [0.5, 0.6) is 11.8 Å². The van der Waals surface area contributed by atoms with Gasteiger partial charge in [-0.05, 0) is 55.9 Å². The Morgan fingerprint density at radius 3 is 2.38 bits per heavy atom. The maximum absolute atomic E-state index is 13.4. The number of benzene rings is 1. The van der Waals surface area contributed by atoms with Gasteiger partial charge in [-0.3, -0.25) is 9.59 Å². The van der Waals surface area contributed by atoms with Crippen molar-refractivity contribution in [3.63, 3.8) is 0 Å². The van der Waals surface area contributed by atoms with Gasteiger partial charge in [0.15, 0.2) is 0 Å². The topological polar surface area (TPSA) is 116 Å². The first kappa shape index (κ1) is 26.2. The monoisotopic (exact) mass is 528 g/mol. The number of hydrogen-bond donors (Lipinski definition) is 2. The first-order chi connectivity index (χ1) is 19.0. The van der Waals surface area contributed by atoms with E-state index in [1.165, 1.54) is 0 Å². The molecule has 1 amide bonds. The molecule has 202 valence electrons. The first-order valence-corrected chi connectivity index (χ1v) is 13.2. The Bertz CT molecular complexity index is 1460. The maximum Gasteiger partial charge on any atom is 0.306 e. The highest BCUT2D eigenvalue weighted by Crippen LogP contribution is 2.30. The highest BCUT2D eigenvalue weighted by Gasteiger charge is 2.28. The average molecular weight is 529 g/mol. The van der Waals surface area contributed by atoms with Crippen LogP contribution in [-0.2, 0) is 11.3 Å². The van der Waals surface area contributed by atoms with Crippen LogP contribution in [0.2, 0.25) is 0 Å². The maximum atomic E-state index is 13.4. The number of amides is 1. The number of carbonyl (C=O) groups excluding carboxylic acids is 1. The van der Waals surface area contributed by atoms with Gasteiger partial charge in [0.05, 0.1) is 36.1 Å². The predicted molar refractivity (Wildman–Crippen MR) is 147 cm³/mol. The Morgan fingerprint density at radius 2 is 1.74 bits per heavy atom. The van der Waals surface area contributed by atoms with Crippen LogP contribution in [0.3, 0.4) is 0 Å². The molecule has 1 aliphatic carbocycles. The van der Waals surface area contributed by atoms with E-state index < -0.39 is 5.97 Å². The van der Waals surface area contributed by atoms with Crippen molar-refractivity contribution >= 4 is 22.8 Å². The van der Waals surface area contributed by atoms with Gasteiger partial charge in [-0.2, -0.15) is 0 Å². The first-order valence-electron chi connectivity index (χ1n) is 13.2. The summed E-state index contributed by atoms with van der Waals surface area (Å²) >= 11 is 0. The molecule has 0 aliphatic heterocycles. The summed E-state index contributed by atoms with van der Waals surface area (Å²) in [6.45, 7) is 3.07. The Hall–Kier alpha value is -4.40. The van der Waals surface area contributed by atoms with Crippen molar-refractivity contribution in [3.05, 3.63) is 72.2 Å². The number of carbonyl (C=O) groups is 2. The van der Waals surface area contributed by atoms with E-state index in [2.05, 4.69) is 39.6 Å². The lowest BCUT2D eigenvalue weighted by atomic mass is 9.86. The van der Waals surface area contributed by atoms with Gasteiger partial charge in [-0.15, -0.1) is 0 Å². The third-order valence-electron chi connectivity index (χ3n) is 7.28. The quantitative estimate of drug-likeness (QED) is 0.317. The van der Waals surface area contributed by atoms with Gasteiger partial charge in [0.2, 0.25) is 11.8 Å². The van der Waals surface area contributed by atoms with Crippen molar-refractivity contribution in [2.45, 2.75) is 45.2 Å². The lowest BCUT2D eigenvalue weighted by molar-refractivity contribution is -0.142. The SMILES string of the molecule is CCOc1ccc(-c2ccc(Cn3ccc4c(OC)ncc(C(=O)NC5CCC(C(=O)O)CC5)c43)cc2)cn1. The molecule has 1 saturated carbocycles. The summed E-state index contributed by atoms with van der Waals surface area (Å²) in [5, 5.41) is 13.1. The van der Waals surface area contributed by atoms with Crippen LogP contribution in [0.1, 0.15) is 48.5 Å². The summed E-state index contributed by atoms with van der Waals surface area (Å²) in [7, 11) is 1.56. The highest BCUT2D eigenvalue weighted by molar-refractivity contribution is 6.07. The third-order valence-corrected chi connectivity index (χ3v) is 7.28. The number of aliphatic carboxylic acids is 1. The van der Waals surface area contributed by atoms with Crippen molar-refractivity contribution in [1.29, 1.82) is 0 Å². The molecule has 1 aromatic carbocycles. The van der Waals surface area contributed by atoms with E-state index in [1.54, 1.807) is 19.5 Å². The number of nitrogens with one attached hydrogen (secondary N) is 1. The van der Waals surface area contributed by atoms with E-state index in [0.29, 0.717) is 56.2 Å². The second kappa shape index (κ2) is 11.6. The fourth-order valence-electron chi connectivity index (χ4n) is 5.19. The molecule has 5 rings (SSSR count). The smallest absolute Gasteiger partial charge is 0.306 e. The number of aromatic nitrogens is 3. The normalized spacial score (nSPS) is 17.1. The van der Waals surface area contributed by atoms with Crippen molar-refractivity contribution in [2.75, 3.05) is 13.7 Å². The van der Waals surface area contributed by atoms with E-state index in [9.17, 15) is 14.7 Å². The van der Waals surface area contributed by atoms with Gasteiger partial charge in [0.25, 0.3) is 5.91 Å². The summed E-state index contributed by atoms with van der Waals surface area (Å²) in [6.07, 6.45) is 7.72. The highest BCUT2D eigenvalue weighted by atomic mass is 16.5. The number of pyridine rings is 2. The van der Waals surface area contributed by atoms with Crippen LogP contribution in [-0.4, -0.2) is 51.3 Å². The van der Waals surface area contributed by atoms with E-state index in [1.807, 2.05) is 35.9 Å². The van der Waals surface area contributed by atoms with Gasteiger partial charge < -0.3 is 24.5 Å². The molecule has 39 heavy (non-hydrogen) atoms. The summed E-state index contributed by atoms with van der Waals surface area (Å²) in [5.41, 5.74) is 4.34. The zero-order valence-corrected chi connectivity index (χ0v) is 22.1. The number of nitrogens with zero attached hydrogens (tertiary/aromatic N) is 3. The minimum atomic E-state index is -0.761. The van der Waals surface area contributed by atoms with Crippen LogP contribution >= 0.6 is 0 Å². The molecule has 0 unspecified atom stereocenters. The van der Waals surface area contributed by atoms with E-state index in [-0.39, 0.29) is 17.9 Å². The number of fused-ring (bicyclic) bond motifs is 1. The molecule has 9 heteroatoms. The summed E-state index contributed by atoms with van der Waals surface area (Å²) in [5.74, 6) is -0.243. The molecule has 1 fully saturated rings. The molecule has 2 N–H and O–H groups in total. The van der Waals surface area contributed by atoms with E-state index in [4.69, 9.17) is 9.47 Å². The molecular formula is C30H32N4O5. The van der Waals surface area contributed by atoms with Crippen molar-refractivity contribution in [2.24, 2.45) is 5.92 Å². The molecule has 4 aromatic rings. The second-order valence-corrected chi connectivity index (χ2v) is 9.76. The summed E-state index contributed by atoms with van der Waals surface area (Å²) in [4.78, 5) is 33.4. The summed E-state index contributed by atoms with van der Waals surface area (Å²) in [6, 6.07) is 14.0. The van der Waals surface area contributed by atoms with Crippen LogP contribution < -0.4 is 14.8 Å². The number of carboxylic acid groups (broad SMARTS) is 1. The largest absolute Gasteiger partial charge is 0.481 e. The third kappa shape index (κ3) is 5.72. The summed E-state index contributed by atoms with van der Waals surface area (Å²) < 4.78 is 12.9.